The van der Waals surface area contributed by atoms with E-state index < -0.39 is 0 Å². The largest absolute Gasteiger partial charge is 0.481 e. The van der Waals surface area contributed by atoms with Crippen molar-refractivity contribution >= 4 is 11.6 Å². The third-order valence-corrected chi connectivity index (χ3v) is 3.21. The maximum absolute atomic E-state index is 11.4. The summed E-state index contributed by atoms with van der Waals surface area (Å²) in [5.74, 6) is -1.23. The second kappa shape index (κ2) is 15.0. The van der Waals surface area contributed by atoms with E-state index in [2.05, 4.69) is 0 Å². The van der Waals surface area contributed by atoms with Crippen molar-refractivity contribution in [1.29, 1.82) is 0 Å². The van der Waals surface area contributed by atoms with Gasteiger partial charge < -0.3 is 19.7 Å². The molecule has 7 heteroatoms. The van der Waals surface area contributed by atoms with Crippen LogP contribution in [0.2, 0.25) is 0 Å². The molecule has 0 unspecified atom stereocenters. The molecule has 2 N–H and O–H groups in total. The number of aliphatic hydroxyl groups excluding tert-OH is 2. The zero-order valence-electron chi connectivity index (χ0n) is 16.2. The fourth-order valence-corrected chi connectivity index (χ4v) is 1.97. The van der Waals surface area contributed by atoms with E-state index in [1.807, 2.05) is 12.1 Å². The minimum absolute atomic E-state index is 0. The number of rotatable bonds is 8. The topological polar surface area (TPSA) is 93.1 Å². The Bertz CT molecular complexity index is 731. The van der Waals surface area contributed by atoms with Crippen molar-refractivity contribution in [2.24, 2.45) is 0 Å². The van der Waals surface area contributed by atoms with Gasteiger partial charge in [-0.25, -0.2) is 0 Å². The summed E-state index contributed by atoms with van der Waals surface area (Å²) < 4.78 is 9.46. The molecule has 0 saturated carbocycles. The van der Waals surface area contributed by atoms with E-state index in [1.54, 1.807) is 62.4 Å². The summed E-state index contributed by atoms with van der Waals surface area (Å²) in [7, 11) is 0. The number of aliphatic hydroxyl groups is 2. The van der Waals surface area contributed by atoms with Crippen LogP contribution >= 0.6 is 0 Å². The molecule has 0 atom stereocenters. The van der Waals surface area contributed by atoms with Crippen LogP contribution in [0.1, 0.15) is 34.6 Å². The minimum Gasteiger partial charge on any atom is -0.481 e. The molecule has 0 aliphatic heterocycles. The number of benzene rings is 2. The molecular weight excluding hydrogens is 424 g/mol. The summed E-state index contributed by atoms with van der Waals surface area (Å²) in [6.45, 7) is 4.14. The van der Waals surface area contributed by atoms with Crippen molar-refractivity contribution in [1.82, 2.24) is 0 Å². The third-order valence-electron chi connectivity index (χ3n) is 3.21. The van der Waals surface area contributed by atoms with Gasteiger partial charge in [-0.2, -0.15) is 0 Å². The molecule has 0 aromatic heterocycles. The Hall–Kier alpha value is -3.02. The number of allylic oxidation sites excluding steroid dienone is 2. The Morgan fingerprint density at radius 2 is 1.03 bits per heavy atom. The van der Waals surface area contributed by atoms with Gasteiger partial charge in [0.05, 0.1) is 25.4 Å². The Morgan fingerprint density at radius 1 is 0.724 bits per heavy atom. The standard InChI is InChI=1S/2C11H12O3.Cu/c2*1-2-14-11(13)8-10(12)9-6-4-3-5-7-9;/h2*3-8,13H,2H2,1H3;/b2*11-8+;. The average Bonchev–Trinajstić information content (AvgIpc) is 2.70. The molecule has 0 saturated heterocycles. The zero-order valence-corrected chi connectivity index (χ0v) is 17.1. The summed E-state index contributed by atoms with van der Waals surface area (Å²) in [4.78, 5) is 22.8. The van der Waals surface area contributed by atoms with Gasteiger partial charge in [-0.15, -0.1) is 0 Å². The van der Waals surface area contributed by atoms with E-state index >= 15 is 0 Å². The molecule has 0 spiro atoms. The molecule has 0 aliphatic carbocycles. The van der Waals surface area contributed by atoms with Crippen molar-refractivity contribution < 1.29 is 46.3 Å². The Morgan fingerprint density at radius 3 is 1.31 bits per heavy atom. The van der Waals surface area contributed by atoms with E-state index in [1.165, 1.54) is 0 Å². The molecule has 29 heavy (non-hydrogen) atoms. The van der Waals surface area contributed by atoms with Crippen LogP contribution in [0.15, 0.2) is 84.7 Å². The zero-order chi connectivity index (χ0) is 20.8. The Balaban J connectivity index is 0.000000523. The summed E-state index contributed by atoms with van der Waals surface area (Å²) >= 11 is 0. The van der Waals surface area contributed by atoms with Gasteiger partial charge in [0, 0.05) is 28.2 Å². The van der Waals surface area contributed by atoms with Crippen LogP contribution in [0, 0.1) is 0 Å². The number of hydrogen-bond acceptors (Lipinski definition) is 6. The molecule has 2 aromatic rings. The number of carbonyl (C=O) groups is 2. The van der Waals surface area contributed by atoms with Gasteiger partial charge in [0.1, 0.15) is 0 Å². The Kier molecular flexibility index (Phi) is 13.4. The van der Waals surface area contributed by atoms with Gasteiger partial charge in [0.2, 0.25) is 0 Å². The number of ketones is 2. The molecule has 0 amide bonds. The molecule has 0 aliphatic rings. The minimum atomic E-state index is -0.346. The quantitative estimate of drug-likeness (QED) is 0.265. The van der Waals surface area contributed by atoms with E-state index in [-0.39, 0.29) is 40.5 Å². The second-order valence-electron chi connectivity index (χ2n) is 5.29. The molecule has 159 valence electrons. The predicted octanol–water partition coefficient (Wildman–Crippen LogP) is 4.61. The predicted molar refractivity (Wildman–Crippen MR) is 106 cm³/mol. The van der Waals surface area contributed by atoms with Crippen LogP contribution < -0.4 is 0 Å². The molecule has 2 aromatic carbocycles. The van der Waals surface area contributed by atoms with Gasteiger partial charge in [0.25, 0.3) is 11.9 Å². The number of hydrogen-bond donors (Lipinski definition) is 2. The molecule has 6 nitrogen and oxygen atoms in total. The van der Waals surface area contributed by atoms with Crippen LogP contribution in [0.3, 0.4) is 0 Å². The van der Waals surface area contributed by atoms with Gasteiger partial charge >= 0.3 is 0 Å². The molecule has 1 radical (unpaired) electrons. The van der Waals surface area contributed by atoms with Gasteiger partial charge in [-0.1, -0.05) is 60.7 Å². The van der Waals surface area contributed by atoms with Crippen LogP contribution in [0.25, 0.3) is 0 Å². The number of ether oxygens (including phenoxy) is 2. The monoisotopic (exact) mass is 447 g/mol. The van der Waals surface area contributed by atoms with E-state index in [0.717, 1.165) is 12.2 Å². The third kappa shape index (κ3) is 10.8. The van der Waals surface area contributed by atoms with Crippen molar-refractivity contribution in [3.05, 3.63) is 95.8 Å². The Labute approximate surface area is 180 Å². The summed E-state index contributed by atoms with van der Waals surface area (Å²) in [6.07, 6.45) is 2.14. The fraction of sp³-hybridized carbons (Fsp3) is 0.182. The van der Waals surface area contributed by atoms with Crippen LogP contribution in [0.5, 0.6) is 0 Å². The first-order valence-electron chi connectivity index (χ1n) is 8.73. The maximum atomic E-state index is 11.4. The molecule has 0 fully saturated rings. The van der Waals surface area contributed by atoms with Gasteiger partial charge in [-0.3, -0.25) is 9.59 Å². The van der Waals surface area contributed by atoms with Crippen molar-refractivity contribution in [3.8, 4) is 0 Å². The second-order valence-corrected chi connectivity index (χ2v) is 5.29. The summed E-state index contributed by atoms with van der Waals surface area (Å²) in [6, 6.07) is 17.4. The first-order chi connectivity index (χ1) is 13.5. The van der Waals surface area contributed by atoms with Gasteiger partial charge in [0.15, 0.2) is 11.6 Å². The molecule has 0 bridgehead atoms. The summed E-state index contributed by atoms with van der Waals surface area (Å²) in [5, 5.41) is 18.2. The van der Waals surface area contributed by atoms with E-state index in [9.17, 15) is 9.59 Å². The maximum Gasteiger partial charge on any atom is 0.280 e. The van der Waals surface area contributed by atoms with Crippen molar-refractivity contribution in [3.63, 3.8) is 0 Å². The van der Waals surface area contributed by atoms with Crippen LogP contribution in [-0.2, 0) is 26.5 Å². The molecular formula is C22H24CuO6. The van der Waals surface area contributed by atoms with Gasteiger partial charge in [-0.05, 0) is 13.8 Å². The number of carbonyl (C=O) groups excluding carboxylic acids is 2. The van der Waals surface area contributed by atoms with Crippen molar-refractivity contribution in [2.45, 2.75) is 13.8 Å². The average molecular weight is 448 g/mol. The first kappa shape index (κ1) is 26.0. The molecule has 0 heterocycles. The van der Waals surface area contributed by atoms with Crippen LogP contribution in [-0.4, -0.2) is 35.0 Å². The molecule has 2 rings (SSSR count). The fourth-order valence-electron chi connectivity index (χ4n) is 1.97. The van der Waals surface area contributed by atoms with Crippen molar-refractivity contribution in [2.75, 3.05) is 13.2 Å². The normalized spacial score (nSPS) is 10.7. The smallest absolute Gasteiger partial charge is 0.280 e. The first-order valence-corrected chi connectivity index (χ1v) is 8.73. The summed E-state index contributed by atoms with van der Waals surface area (Å²) in [5.41, 5.74) is 1.05. The van der Waals surface area contributed by atoms with E-state index in [4.69, 9.17) is 19.7 Å². The SMILES string of the molecule is CCO/C(O)=C/C(=O)c1ccccc1.CCO/C(O)=C/C(=O)c1ccccc1.[Cu]. The van der Waals surface area contributed by atoms with E-state index in [0.29, 0.717) is 24.3 Å². The van der Waals surface area contributed by atoms with Crippen LogP contribution in [0.4, 0.5) is 0 Å².